The molecule has 0 bridgehead atoms. The van der Waals surface area contributed by atoms with Crippen molar-refractivity contribution in [3.8, 4) is 0 Å². The summed E-state index contributed by atoms with van der Waals surface area (Å²) >= 11 is 0. The second-order valence-electron chi connectivity index (χ2n) is 5.40. The highest BCUT2D eigenvalue weighted by Crippen LogP contribution is 2.24. The topological polar surface area (TPSA) is 59.5 Å². The first kappa shape index (κ1) is 15.5. The monoisotopic (exact) mass is 290 g/mol. The molecular formula is C16H22N2O3. The Kier molecular flexibility index (Phi) is 5.72. The molecule has 5 heteroatoms. The van der Waals surface area contributed by atoms with Gasteiger partial charge in [0.05, 0.1) is 7.11 Å². The summed E-state index contributed by atoms with van der Waals surface area (Å²) < 4.78 is 4.71. The molecule has 114 valence electrons. The lowest BCUT2D eigenvalue weighted by molar-refractivity contribution is -0.148. The quantitative estimate of drug-likeness (QED) is 0.751. The number of aryl methyl sites for hydroxylation is 1. The van der Waals surface area contributed by atoms with Gasteiger partial charge in [0.25, 0.3) is 0 Å². The van der Waals surface area contributed by atoms with Crippen LogP contribution in [0.3, 0.4) is 0 Å². The molecule has 2 rings (SSSR count). The minimum Gasteiger partial charge on any atom is -0.468 e. The van der Waals surface area contributed by atoms with E-state index in [0.717, 1.165) is 31.2 Å². The molecular weight excluding hydrogens is 268 g/mol. The van der Waals surface area contributed by atoms with E-state index < -0.39 is 0 Å². The standard InChI is InChI=1S/C16H22N2O3/c1-21-16(20)12-18(14-6-2-3-7-14)15(19)9-8-13-5-4-10-17-11-13/h4-5,10-11,14H,2-3,6-9,12H2,1H3. The average molecular weight is 290 g/mol. The van der Waals surface area contributed by atoms with Crippen molar-refractivity contribution in [3.05, 3.63) is 30.1 Å². The molecule has 0 aromatic carbocycles. The van der Waals surface area contributed by atoms with Crippen LogP contribution in [-0.4, -0.2) is 41.5 Å². The Morgan fingerprint density at radius 2 is 2.14 bits per heavy atom. The number of carbonyl (C=O) groups is 2. The fraction of sp³-hybridized carbons (Fsp3) is 0.562. The second-order valence-corrected chi connectivity index (χ2v) is 5.40. The summed E-state index contributed by atoms with van der Waals surface area (Å²) in [6.45, 7) is 0.0625. The van der Waals surface area contributed by atoms with E-state index in [2.05, 4.69) is 4.98 Å². The van der Waals surface area contributed by atoms with E-state index >= 15 is 0 Å². The van der Waals surface area contributed by atoms with E-state index in [0.29, 0.717) is 12.8 Å². The van der Waals surface area contributed by atoms with Gasteiger partial charge in [0.2, 0.25) is 5.91 Å². The van der Waals surface area contributed by atoms with E-state index in [1.54, 1.807) is 17.3 Å². The minimum absolute atomic E-state index is 0.0242. The Balaban J connectivity index is 1.94. The van der Waals surface area contributed by atoms with Gasteiger partial charge >= 0.3 is 5.97 Å². The number of rotatable bonds is 6. The van der Waals surface area contributed by atoms with Gasteiger partial charge in [-0.2, -0.15) is 0 Å². The molecule has 0 spiro atoms. The largest absolute Gasteiger partial charge is 0.468 e. The average Bonchev–Trinajstić information content (AvgIpc) is 3.05. The van der Waals surface area contributed by atoms with E-state index in [1.165, 1.54) is 7.11 Å². The Morgan fingerprint density at radius 3 is 2.76 bits per heavy atom. The van der Waals surface area contributed by atoms with Crippen molar-refractivity contribution in [1.29, 1.82) is 0 Å². The number of amides is 1. The molecule has 1 amide bonds. The molecule has 0 aliphatic heterocycles. The third-order valence-corrected chi connectivity index (χ3v) is 3.96. The molecule has 21 heavy (non-hydrogen) atoms. The van der Waals surface area contributed by atoms with Crippen LogP contribution in [0.5, 0.6) is 0 Å². The highest BCUT2D eigenvalue weighted by molar-refractivity contribution is 5.82. The summed E-state index contributed by atoms with van der Waals surface area (Å²) in [5.74, 6) is -0.326. The fourth-order valence-corrected chi connectivity index (χ4v) is 2.78. The highest BCUT2D eigenvalue weighted by Gasteiger charge is 2.28. The zero-order valence-electron chi connectivity index (χ0n) is 12.5. The van der Waals surface area contributed by atoms with Crippen LogP contribution < -0.4 is 0 Å². The summed E-state index contributed by atoms with van der Waals surface area (Å²) in [7, 11) is 1.36. The Morgan fingerprint density at radius 1 is 1.38 bits per heavy atom. The smallest absolute Gasteiger partial charge is 0.325 e. The highest BCUT2D eigenvalue weighted by atomic mass is 16.5. The molecule has 0 radical (unpaired) electrons. The van der Waals surface area contributed by atoms with Crippen LogP contribution in [-0.2, 0) is 20.7 Å². The maximum absolute atomic E-state index is 12.5. The molecule has 1 aromatic heterocycles. The lowest BCUT2D eigenvalue weighted by Crippen LogP contribution is -2.42. The molecule has 5 nitrogen and oxygen atoms in total. The van der Waals surface area contributed by atoms with Crippen molar-refractivity contribution >= 4 is 11.9 Å². The predicted octanol–water partition coefficient (Wildman–Crippen LogP) is 1.96. The molecule has 0 saturated heterocycles. The maximum atomic E-state index is 12.5. The Hall–Kier alpha value is -1.91. The van der Waals surface area contributed by atoms with Gasteiger partial charge in [-0.05, 0) is 30.9 Å². The molecule has 1 heterocycles. The van der Waals surface area contributed by atoms with Crippen LogP contribution in [0.1, 0.15) is 37.7 Å². The molecule has 1 aliphatic carbocycles. The van der Waals surface area contributed by atoms with Gasteiger partial charge in [-0.3, -0.25) is 14.6 Å². The Labute approximate surface area is 125 Å². The summed E-state index contributed by atoms with van der Waals surface area (Å²) in [6.07, 6.45) is 8.75. The first-order valence-corrected chi connectivity index (χ1v) is 7.46. The van der Waals surface area contributed by atoms with Gasteiger partial charge in [-0.25, -0.2) is 0 Å². The third-order valence-electron chi connectivity index (χ3n) is 3.96. The number of esters is 1. The molecule has 1 fully saturated rings. The first-order valence-electron chi connectivity index (χ1n) is 7.46. The van der Waals surface area contributed by atoms with Crippen LogP contribution in [0, 0.1) is 0 Å². The number of pyridine rings is 1. The van der Waals surface area contributed by atoms with Crippen molar-refractivity contribution in [2.24, 2.45) is 0 Å². The van der Waals surface area contributed by atoms with Gasteiger partial charge in [-0.1, -0.05) is 18.9 Å². The number of hydrogen-bond donors (Lipinski definition) is 0. The van der Waals surface area contributed by atoms with E-state index in [-0.39, 0.29) is 24.5 Å². The summed E-state index contributed by atoms with van der Waals surface area (Å²) in [5, 5.41) is 0. The van der Waals surface area contributed by atoms with Crippen molar-refractivity contribution < 1.29 is 14.3 Å². The van der Waals surface area contributed by atoms with Crippen LogP contribution in [0.25, 0.3) is 0 Å². The number of ether oxygens (including phenoxy) is 1. The minimum atomic E-state index is -0.350. The first-order chi connectivity index (χ1) is 10.2. The SMILES string of the molecule is COC(=O)CN(C(=O)CCc1cccnc1)C1CCCC1. The lowest BCUT2D eigenvalue weighted by atomic mass is 10.1. The van der Waals surface area contributed by atoms with Crippen LogP contribution in [0.15, 0.2) is 24.5 Å². The van der Waals surface area contributed by atoms with Crippen molar-refractivity contribution in [1.82, 2.24) is 9.88 Å². The van der Waals surface area contributed by atoms with Crippen LogP contribution in [0.2, 0.25) is 0 Å². The van der Waals surface area contributed by atoms with Gasteiger partial charge < -0.3 is 9.64 Å². The summed E-state index contributed by atoms with van der Waals surface area (Å²) in [4.78, 5) is 29.7. The number of methoxy groups -OCH3 is 1. The van der Waals surface area contributed by atoms with Gasteiger partial charge in [-0.15, -0.1) is 0 Å². The number of aromatic nitrogens is 1. The van der Waals surface area contributed by atoms with Gasteiger partial charge in [0, 0.05) is 24.9 Å². The van der Waals surface area contributed by atoms with Crippen LogP contribution >= 0.6 is 0 Å². The van der Waals surface area contributed by atoms with Gasteiger partial charge in [0.15, 0.2) is 0 Å². The molecule has 1 aliphatic rings. The lowest BCUT2D eigenvalue weighted by Gasteiger charge is -2.28. The normalized spacial score (nSPS) is 14.9. The zero-order chi connectivity index (χ0) is 15.1. The van der Waals surface area contributed by atoms with Crippen molar-refractivity contribution in [3.63, 3.8) is 0 Å². The molecule has 0 atom stereocenters. The Bertz CT molecular complexity index is 470. The summed E-state index contributed by atoms with van der Waals surface area (Å²) in [6, 6.07) is 4.01. The van der Waals surface area contributed by atoms with Gasteiger partial charge in [0.1, 0.15) is 6.54 Å². The molecule has 0 N–H and O–H groups in total. The number of hydrogen-bond acceptors (Lipinski definition) is 4. The van der Waals surface area contributed by atoms with Crippen LogP contribution in [0.4, 0.5) is 0 Å². The van der Waals surface area contributed by atoms with Crippen molar-refractivity contribution in [2.75, 3.05) is 13.7 Å². The number of carbonyl (C=O) groups excluding carboxylic acids is 2. The van der Waals surface area contributed by atoms with E-state index in [9.17, 15) is 9.59 Å². The number of nitrogens with zero attached hydrogens (tertiary/aromatic N) is 2. The second kappa shape index (κ2) is 7.76. The zero-order valence-corrected chi connectivity index (χ0v) is 12.5. The summed E-state index contributed by atoms with van der Waals surface area (Å²) in [5.41, 5.74) is 1.04. The molecule has 0 unspecified atom stereocenters. The van der Waals surface area contributed by atoms with E-state index in [4.69, 9.17) is 4.74 Å². The fourth-order valence-electron chi connectivity index (χ4n) is 2.78. The third kappa shape index (κ3) is 4.55. The molecule has 1 aromatic rings. The van der Waals surface area contributed by atoms with E-state index in [1.807, 2.05) is 12.1 Å². The van der Waals surface area contributed by atoms with Crippen molar-refractivity contribution in [2.45, 2.75) is 44.6 Å². The maximum Gasteiger partial charge on any atom is 0.325 e. The molecule has 1 saturated carbocycles. The predicted molar refractivity (Wildman–Crippen MR) is 78.5 cm³/mol.